The van der Waals surface area contributed by atoms with Crippen LogP contribution in [0, 0.1) is 29.5 Å². The van der Waals surface area contributed by atoms with Gasteiger partial charge in [-0.2, -0.15) is 5.10 Å². The van der Waals surface area contributed by atoms with Crippen LogP contribution in [0.5, 0.6) is 5.75 Å². The maximum absolute atomic E-state index is 13.8. The first-order valence-electron chi connectivity index (χ1n) is 13.6. The number of nitrogens with one attached hydrogen (secondary N) is 2. The summed E-state index contributed by atoms with van der Waals surface area (Å²) in [5, 5.41) is 7.11. The standard InChI is InChI=1S/C29H34FN3O5S/c1-17-8-13-22-18(2)25(35-26-29(22)21(17)14-15-28(3,36-26)37-38-29)34-20-11-9-19(10-12-20)16-31-33-27(39)32-24-7-5-4-6-23(24)30/h4-7,9-12,16-18,21-22,25-26H,8,13-15H2,1-3H3,(H2,32,33,39)/b31-16+/t17-,18-,21+,22+,25+,26?,28+,29-/m1/s1. The van der Waals surface area contributed by atoms with Crippen LogP contribution < -0.4 is 15.5 Å². The Balaban J connectivity index is 1.10. The van der Waals surface area contributed by atoms with Gasteiger partial charge in [0.25, 0.3) is 0 Å². The van der Waals surface area contributed by atoms with Crippen molar-refractivity contribution in [2.45, 2.75) is 70.4 Å². The van der Waals surface area contributed by atoms with Gasteiger partial charge in [-0.3, -0.25) is 5.43 Å². The van der Waals surface area contributed by atoms with E-state index in [0.717, 1.165) is 31.2 Å². The molecule has 10 heteroatoms. The van der Waals surface area contributed by atoms with Gasteiger partial charge in [-0.15, -0.1) is 0 Å². The largest absolute Gasteiger partial charge is 0.465 e. The van der Waals surface area contributed by atoms with E-state index in [1.807, 2.05) is 31.2 Å². The number of benzene rings is 2. The molecule has 39 heavy (non-hydrogen) atoms. The number of ether oxygens (including phenoxy) is 3. The zero-order valence-electron chi connectivity index (χ0n) is 22.3. The van der Waals surface area contributed by atoms with Crippen LogP contribution >= 0.6 is 12.2 Å². The number of hydrogen-bond acceptors (Lipinski definition) is 7. The van der Waals surface area contributed by atoms with Crippen molar-refractivity contribution in [2.75, 3.05) is 5.32 Å². The highest BCUT2D eigenvalue weighted by Gasteiger charge is 2.69. The van der Waals surface area contributed by atoms with Crippen LogP contribution in [0.25, 0.3) is 0 Å². The maximum Gasteiger partial charge on any atom is 0.205 e. The number of anilines is 1. The van der Waals surface area contributed by atoms with Gasteiger partial charge in [0.05, 0.1) is 11.9 Å². The lowest BCUT2D eigenvalue weighted by atomic mass is 9.58. The quantitative estimate of drug-likeness (QED) is 0.209. The first-order chi connectivity index (χ1) is 18.8. The van der Waals surface area contributed by atoms with Gasteiger partial charge in [-0.25, -0.2) is 14.2 Å². The van der Waals surface area contributed by atoms with Crippen LogP contribution in [-0.4, -0.2) is 35.3 Å². The first-order valence-corrected chi connectivity index (χ1v) is 14.0. The molecular formula is C29H34FN3O5S. The molecular weight excluding hydrogens is 521 g/mol. The van der Waals surface area contributed by atoms with Crippen LogP contribution in [0.4, 0.5) is 10.1 Å². The summed E-state index contributed by atoms with van der Waals surface area (Å²) in [7, 11) is 0. The van der Waals surface area contributed by atoms with Crippen molar-refractivity contribution in [1.29, 1.82) is 0 Å². The van der Waals surface area contributed by atoms with Gasteiger partial charge in [0.2, 0.25) is 12.1 Å². The van der Waals surface area contributed by atoms with Crippen LogP contribution in [-0.2, 0) is 19.2 Å². The Morgan fingerprint density at radius 2 is 1.87 bits per heavy atom. The number of thiocarbonyl (C=S) groups is 1. The molecule has 8 atom stereocenters. The van der Waals surface area contributed by atoms with E-state index in [1.165, 1.54) is 6.07 Å². The lowest BCUT2D eigenvalue weighted by molar-refractivity contribution is -0.575. The van der Waals surface area contributed by atoms with Gasteiger partial charge in [0, 0.05) is 18.3 Å². The van der Waals surface area contributed by atoms with E-state index in [-0.39, 0.29) is 22.6 Å². The molecule has 4 heterocycles. The molecule has 0 amide bonds. The molecule has 2 N–H and O–H groups in total. The Morgan fingerprint density at radius 1 is 1.08 bits per heavy atom. The first kappa shape index (κ1) is 26.6. The molecule has 1 aliphatic carbocycles. The summed E-state index contributed by atoms with van der Waals surface area (Å²) >= 11 is 5.18. The zero-order chi connectivity index (χ0) is 27.2. The average molecular weight is 556 g/mol. The minimum Gasteiger partial charge on any atom is -0.465 e. The molecule has 0 aromatic heterocycles. The molecule has 1 unspecified atom stereocenters. The molecule has 1 spiro atoms. The van der Waals surface area contributed by atoms with Gasteiger partial charge < -0.3 is 19.5 Å². The third-order valence-electron chi connectivity index (χ3n) is 8.73. The van der Waals surface area contributed by atoms with Crippen molar-refractivity contribution < 1.29 is 28.4 Å². The summed E-state index contributed by atoms with van der Waals surface area (Å²) in [5.41, 5.74) is 3.21. The fourth-order valence-corrected chi connectivity index (χ4v) is 6.81. The number of hydrazone groups is 1. The van der Waals surface area contributed by atoms with Gasteiger partial charge in [0.1, 0.15) is 11.6 Å². The summed E-state index contributed by atoms with van der Waals surface area (Å²) < 4.78 is 33.1. The highest BCUT2D eigenvalue weighted by Crippen LogP contribution is 2.60. The van der Waals surface area contributed by atoms with Crippen molar-refractivity contribution in [3.05, 3.63) is 59.9 Å². The normalized spacial score (nSPS) is 37.1. The third-order valence-corrected chi connectivity index (χ3v) is 8.92. The van der Waals surface area contributed by atoms with Gasteiger partial charge >= 0.3 is 0 Å². The molecule has 2 bridgehead atoms. The molecule has 4 saturated heterocycles. The van der Waals surface area contributed by atoms with E-state index in [2.05, 4.69) is 29.7 Å². The van der Waals surface area contributed by atoms with E-state index in [9.17, 15) is 4.39 Å². The number of para-hydroxylation sites is 1. The maximum atomic E-state index is 13.8. The summed E-state index contributed by atoms with van der Waals surface area (Å²) in [5.74, 6) is 0.592. The second-order valence-corrected chi connectivity index (χ2v) is 11.7. The lowest BCUT2D eigenvalue weighted by Crippen LogP contribution is -2.70. The number of fused-ring (bicyclic) bond motifs is 2. The summed E-state index contributed by atoms with van der Waals surface area (Å²) in [6, 6.07) is 13.8. The van der Waals surface area contributed by atoms with E-state index < -0.39 is 29.8 Å². The molecule has 5 aliphatic rings. The average Bonchev–Trinajstić information content (AvgIpc) is 3.15. The van der Waals surface area contributed by atoms with Crippen LogP contribution in [0.1, 0.15) is 52.0 Å². The second kappa shape index (κ2) is 10.4. The Hall–Kier alpha value is -2.63. The highest BCUT2D eigenvalue weighted by molar-refractivity contribution is 7.80. The molecule has 4 aliphatic heterocycles. The Bertz CT molecular complexity index is 1250. The van der Waals surface area contributed by atoms with Crippen LogP contribution in [0.2, 0.25) is 0 Å². The van der Waals surface area contributed by atoms with Crippen molar-refractivity contribution in [2.24, 2.45) is 28.8 Å². The summed E-state index contributed by atoms with van der Waals surface area (Å²) in [6.07, 6.45) is 4.53. The van der Waals surface area contributed by atoms with Crippen molar-refractivity contribution >= 4 is 29.2 Å². The summed E-state index contributed by atoms with van der Waals surface area (Å²) in [6.45, 7) is 6.39. The molecule has 2 aromatic carbocycles. The minimum absolute atomic E-state index is 0.0827. The van der Waals surface area contributed by atoms with Crippen molar-refractivity contribution in [3.63, 3.8) is 0 Å². The Morgan fingerprint density at radius 3 is 2.67 bits per heavy atom. The monoisotopic (exact) mass is 555 g/mol. The topological polar surface area (TPSA) is 82.6 Å². The smallest absolute Gasteiger partial charge is 0.205 e. The summed E-state index contributed by atoms with van der Waals surface area (Å²) in [4.78, 5) is 12.1. The number of hydrogen-bond donors (Lipinski definition) is 2. The molecule has 1 saturated carbocycles. The fraction of sp³-hybridized carbons (Fsp3) is 0.517. The predicted octanol–water partition coefficient (Wildman–Crippen LogP) is 5.73. The number of rotatable bonds is 5. The van der Waals surface area contributed by atoms with Crippen LogP contribution in [0.3, 0.4) is 0 Å². The molecule has 2 aromatic rings. The lowest BCUT2D eigenvalue weighted by Gasteiger charge is -2.60. The van der Waals surface area contributed by atoms with Crippen molar-refractivity contribution in [1.82, 2.24) is 5.43 Å². The van der Waals surface area contributed by atoms with E-state index in [0.29, 0.717) is 17.6 Å². The zero-order valence-corrected chi connectivity index (χ0v) is 23.1. The van der Waals surface area contributed by atoms with E-state index >= 15 is 0 Å². The molecule has 0 radical (unpaired) electrons. The molecule has 8 nitrogen and oxygen atoms in total. The van der Waals surface area contributed by atoms with E-state index in [1.54, 1.807) is 24.4 Å². The van der Waals surface area contributed by atoms with Crippen molar-refractivity contribution in [3.8, 4) is 5.75 Å². The van der Waals surface area contributed by atoms with Gasteiger partial charge in [0.15, 0.2) is 17.0 Å². The highest BCUT2D eigenvalue weighted by atomic mass is 32.1. The molecule has 7 rings (SSSR count). The number of halogens is 1. The Kier molecular flexibility index (Phi) is 7.09. The SMILES string of the molecule is C[C@H]1[C@@H](Oc2ccc(/C=N/NC(=S)Nc3ccccc3F)cc2)OC2O[C@]3(C)CC[C@H]4[C@H](C)CC[C@@H]1[C@@]24OO3. The number of nitrogens with zero attached hydrogens (tertiary/aromatic N) is 1. The van der Waals surface area contributed by atoms with Gasteiger partial charge in [-0.1, -0.05) is 26.0 Å². The molecule has 208 valence electrons. The minimum atomic E-state index is -0.815. The van der Waals surface area contributed by atoms with E-state index in [4.69, 9.17) is 36.2 Å². The third kappa shape index (κ3) is 4.93. The fourth-order valence-electron chi connectivity index (χ4n) is 6.65. The predicted molar refractivity (Wildman–Crippen MR) is 147 cm³/mol. The Labute approximate surface area is 233 Å². The van der Waals surface area contributed by atoms with Gasteiger partial charge in [-0.05, 0) is 92.2 Å². The molecule has 5 fully saturated rings. The second-order valence-electron chi connectivity index (χ2n) is 11.3. The van der Waals surface area contributed by atoms with Crippen LogP contribution in [0.15, 0.2) is 53.6 Å².